The first kappa shape index (κ1) is 30.4. The number of piperazine rings is 1. The summed E-state index contributed by atoms with van der Waals surface area (Å²) < 4.78 is 47.0. The summed E-state index contributed by atoms with van der Waals surface area (Å²) in [6.07, 6.45) is -3.23. The van der Waals surface area contributed by atoms with Crippen molar-refractivity contribution in [2.45, 2.75) is 51.0 Å². The fraction of sp³-hybridized carbons (Fsp3) is 0.500. The maximum Gasteiger partial charge on any atom is 0.416 e. The van der Waals surface area contributed by atoms with Crippen LogP contribution in [0.2, 0.25) is 0 Å². The number of carbonyl (C=O) groups is 1. The molecule has 13 heteroatoms. The van der Waals surface area contributed by atoms with Gasteiger partial charge in [-0.25, -0.2) is 9.78 Å². The lowest BCUT2D eigenvalue weighted by molar-refractivity contribution is -0.143. The molecule has 0 aliphatic carbocycles. The number of anilines is 1. The summed E-state index contributed by atoms with van der Waals surface area (Å²) in [5, 5.41) is 9.50. The number of fused-ring (bicyclic) bond motifs is 1. The Balaban J connectivity index is 1.57. The molecular weight excluding hydrogens is 563 g/mol. The number of morpholine rings is 1. The van der Waals surface area contributed by atoms with Crippen LogP contribution >= 0.6 is 0 Å². The van der Waals surface area contributed by atoms with Gasteiger partial charge in [0.15, 0.2) is 5.82 Å². The molecule has 2 saturated heterocycles. The quantitative estimate of drug-likeness (QED) is 0.425. The van der Waals surface area contributed by atoms with E-state index in [4.69, 9.17) is 4.74 Å². The first-order chi connectivity index (χ1) is 20.6. The summed E-state index contributed by atoms with van der Waals surface area (Å²) in [6.45, 7) is 6.38. The maximum absolute atomic E-state index is 14.1. The van der Waals surface area contributed by atoms with Gasteiger partial charge in [0.2, 0.25) is 5.91 Å². The van der Waals surface area contributed by atoms with Gasteiger partial charge in [-0.05, 0) is 42.7 Å². The molecule has 1 amide bonds. The molecule has 2 aromatic heterocycles. The normalized spacial score (nSPS) is 20.7. The molecule has 0 N–H and O–H groups in total. The van der Waals surface area contributed by atoms with E-state index in [1.165, 1.54) is 16.7 Å². The molecule has 2 aliphatic heterocycles. The van der Waals surface area contributed by atoms with E-state index in [0.29, 0.717) is 74.6 Å². The van der Waals surface area contributed by atoms with Crippen LogP contribution in [0.1, 0.15) is 49.6 Å². The van der Waals surface area contributed by atoms with Crippen LogP contribution in [0, 0.1) is 11.3 Å². The number of halogens is 3. The van der Waals surface area contributed by atoms with Crippen LogP contribution in [-0.4, -0.2) is 81.7 Å². The zero-order valence-electron chi connectivity index (χ0n) is 24.3. The minimum Gasteiger partial charge on any atom is -0.378 e. The number of ether oxygens (including phenoxy) is 1. The van der Waals surface area contributed by atoms with Crippen molar-refractivity contribution in [3.63, 3.8) is 0 Å². The molecular formula is C30H34F3N7O3. The van der Waals surface area contributed by atoms with Crippen molar-refractivity contribution in [1.29, 1.82) is 5.26 Å². The zero-order chi connectivity index (χ0) is 30.9. The lowest BCUT2D eigenvalue weighted by atomic mass is 9.94. The second-order valence-corrected chi connectivity index (χ2v) is 10.9. The Morgan fingerprint density at radius 3 is 2.33 bits per heavy atom. The number of amides is 1. The number of nitrogens with zero attached hydrogens (tertiary/aromatic N) is 7. The Kier molecular flexibility index (Phi) is 8.71. The Morgan fingerprint density at radius 1 is 1.05 bits per heavy atom. The third kappa shape index (κ3) is 5.94. The van der Waals surface area contributed by atoms with Gasteiger partial charge in [0.25, 0.3) is 0 Å². The number of aromatic nitrogens is 3. The smallest absolute Gasteiger partial charge is 0.378 e. The van der Waals surface area contributed by atoms with E-state index in [1.807, 2.05) is 18.7 Å². The molecule has 43 heavy (non-hydrogen) atoms. The summed E-state index contributed by atoms with van der Waals surface area (Å²) in [5.74, 6) is 0.202. The number of benzene rings is 1. The molecule has 0 radical (unpaired) electrons. The molecule has 4 heterocycles. The predicted octanol–water partition coefficient (Wildman–Crippen LogP) is 3.50. The van der Waals surface area contributed by atoms with Gasteiger partial charge in [0, 0.05) is 45.3 Å². The van der Waals surface area contributed by atoms with E-state index in [9.17, 15) is 28.0 Å². The van der Waals surface area contributed by atoms with E-state index in [-0.39, 0.29) is 23.7 Å². The Morgan fingerprint density at radius 2 is 1.72 bits per heavy atom. The van der Waals surface area contributed by atoms with Crippen LogP contribution in [0.15, 0.2) is 41.2 Å². The number of rotatable bonds is 6. The SMILES string of the molecule is CC[C@H]1CN(C(C(=O)N2CCOCC2)c2ccc(C(F)(F)F)cc2)[C@H](CC)CN1c1nc(=O)n(C)c2ccc(C#N)nc12. The number of hydrogen-bond acceptors (Lipinski definition) is 8. The van der Waals surface area contributed by atoms with Gasteiger partial charge < -0.3 is 14.5 Å². The summed E-state index contributed by atoms with van der Waals surface area (Å²) in [7, 11) is 1.60. The van der Waals surface area contributed by atoms with Gasteiger partial charge in [0.05, 0.1) is 24.3 Å². The number of aryl methyl sites for hydroxylation is 1. The average Bonchev–Trinajstić information content (AvgIpc) is 3.02. The highest BCUT2D eigenvalue weighted by Crippen LogP contribution is 2.36. The Labute approximate surface area is 247 Å². The van der Waals surface area contributed by atoms with Crippen molar-refractivity contribution in [3.05, 3.63) is 63.7 Å². The monoisotopic (exact) mass is 597 g/mol. The number of hydrogen-bond donors (Lipinski definition) is 0. The minimum atomic E-state index is -4.49. The highest BCUT2D eigenvalue weighted by atomic mass is 19.4. The fourth-order valence-electron chi connectivity index (χ4n) is 6.02. The third-order valence-electron chi connectivity index (χ3n) is 8.45. The van der Waals surface area contributed by atoms with Crippen LogP contribution in [0.5, 0.6) is 0 Å². The number of carbonyl (C=O) groups excluding carboxylic acids is 1. The van der Waals surface area contributed by atoms with Crippen LogP contribution in [-0.2, 0) is 22.8 Å². The van der Waals surface area contributed by atoms with Crippen molar-refractivity contribution >= 4 is 22.8 Å². The molecule has 5 rings (SSSR count). The lowest BCUT2D eigenvalue weighted by Gasteiger charge is -2.50. The van der Waals surface area contributed by atoms with Crippen molar-refractivity contribution in [1.82, 2.24) is 24.3 Å². The van der Waals surface area contributed by atoms with E-state index >= 15 is 0 Å². The van der Waals surface area contributed by atoms with Gasteiger partial charge in [-0.1, -0.05) is 26.0 Å². The molecule has 0 bridgehead atoms. The van der Waals surface area contributed by atoms with Crippen molar-refractivity contribution < 1.29 is 22.7 Å². The largest absolute Gasteiger partial charge is 0.416 e. The van der Waals surface area contributed by atoms with Crippen molar-refractivity contribution in [2.24, 2.45) is 7.05 Å². The zero-order valence-corrected chi connectivity index (χ0v) is 24.3. The molecule has 0 spiro atoms. The van der Waals surface area contributed by atoms with E-state index in [2.05, 4.69) is 20.9 Å². The number of alkyl halides is 3. The number of pyridine rings is 1. The van der Waals surface area contributed by atoms with Crippen molar-refractivity contribution in [2.75, 3.05) is 44.3 Å². The Hall–Kier alpha value is -4.02. The highest BCUT2D eigenvalue weighted by Gasteiger charge is 2.42. The van der Waals surface area contributed by atoms with Crippen LogP contribution in [0.4, 0.5) is 19.0 Å². The second kappa shape index (κ2) is 12.3. The van der Waals surface area contributed by atoms with Gasteiger partial charge in [-0.15, -0.1) is 0 Å². The van der Waals surface area contributed by atoms with Gasteiger partial charge >= 0.3 is 11.9 Å². The highest BCUT2D eigenvalue weighted by molar-refractivity contribution is 5.87. The summed E-state index contributed by atoms with van der Waals surface area (Å²) in [4.78, 5) is 41.7. The summed E-state index contributed by atoms with van der Waals surface area (Å²) in [5.41, 5.74) is 0.445. The maximum atomic E-state index is 14.1. The van der Waals surface area contributed by atoms with E-state index in [1.54, 1.807) is 24.1 Å². The average molecular weight is 598 g/mol. The van der Waals surface area contributed by atoms with Crippen LogP contribution < -0.4 is 10.6 Å². The van der Waals surface area contributed by atoms with Gasteiger partial charge in [-0.2, -0.15) is 23.4 Å². The molecule has 1 unspecified atom stereocenters. The first-order valence-electron chi connectivity index (χ1n) is 14.4. The molecule has 10 nitrogen and oxygen atoms in total. The van der Waals surface area contributed by atoms with Gasteiger partial charge in [-0.3, -0.25) is 14.3 Å². The van der Waals surface area contributed by atoms with Crippen LogP contribution in [0.25, 0.3) is 11.0 Å². The van der Waals surface area contributed by atoms with E-state index < -0.39 is 23.5 Å². The van der Waals surface area contributed by atoms with Crippen molar-refractivity contribution in [3.8, 4) is 6.07 Å². The third-order valence-corrected chi connectivity index (χ3v) is 8.45. The van der Waals surface area contributed by atoms with E-state index in [0.717, 1.165) is 12.1 Å². The molecule has 1 aromatic carbocycles. The lowest BCUT2D eigenvalue weighted by Crippen LogP contribution is -2.61. The standard InChI is InChI=1S/C30H34F3N7O3/c1-4-22-18-40(27-25-24(37(3)29(42)36-27)11-10-21(16-34)35-25)23(5-2)17-39(22)26(28(41)38-12-14-43-15-13-38)19-6-8-20(9-7-19)30(31,32)33/h6-11,22-23,26H,4-5,12-15,17-18H2,1-3H3/t22-,23+,26?/m1/s1. The minimum absolute atomic E-state index is 0.178. The summed E-state index contributed by atoms with van der Waals surface area (Å²) in [6, 6.07) is 8.92. The topological polar surface area (TPSA) is 108 Å². The molecule has 0 saturated carbocycles. The molecule has 3 atom stereocenters. The molecule has 2 fully saturated rings. The summed E-state index contributed by atoms with van der Waals surface area (Å²) >= 11 is 0. The Bertz CT molecular complexity index is 1580. The first-order valence-corrected chi connectivity index (χ1v) is 14.4. The number of nitriles is 1. The van der Waals surface area contributed by atoms with Crippen LogP contribution in [0.3, 0.4) is 0 Å². The fourth-order valence-corrected chi connectivity index (χ4v) is 6.02. The van der Waals surface area contributed by atoms with Gasteiger partial charge in [0.1, 0.15) is 23.3 Å². The second-order valence-electron chi connectivity index (χ2n) is 10.9. The molecule has 228 valence electrons. The molecule has 3 aromatic rings. The predicted molar refractivity (Wildman–Crippen MR) is 153 cm³/mol. The molecule has 2 aliphatic rings.